The predicted octanol–water partition coefficient (Wildman–Crippen LogP) is 5.00. The monoisotopic (exact) mass is 440 g/mol. The summed E-state index contributed by atoms with van der Waals surface area (Å²) in [7, 11) is 0. The van der Waals surface area contributed by atoms with Crippen LogP contribution in [0.5, 0.6) is 0 Å². The van der Waals surface area contributed by atoms with Gasteiger partial charge in [0.1, 0.15) is 18.4 Å². The molecule has 4 rings (SSSR count). The summed E-state index contributed by atoms with van der Waals surface area (Å²) in [5.41, 5.74) is 0.330. The van der Waals surface area contributed by atoms with E-state index in [1.54, 1.807) is 30.3 Å². The van der Waals surface area contributed by atoms with Gasteiger partial charge in [-0.25, -0.2) is 9.67 Å². The Bertz CT molecular complexity index is 1280. The number of benzene rings is 2. The summed E-state index contributed by atoms with van der Waals surface area (Å²) in [6, 6.07) is 12.5. The van der Waals surface area contributed by atoms with Gasteiger partial charge in [0.05, 0.1) is 16.9 Å². The molecular formula is C22H15F3N4O3. The van der Waals surface area contributed by atoms with Crippen LogP contribution in [-0.2, 0) is 6.18 Å². The second kappa shape index (κ2) is 8.14. The molecule has 0 unspecified atom stereocenters. The molecule has 0 fully saturated rings. The number of alkyl halides is 3. The number of ketones is 1. The van der Waals surface area contributed by atoms with E-state index in [9.17, 15) is 22.8 Å². The summed E-state index contributed by atoms with van der Waals surface area (Å²) >= 11 is 0. The summed E-state index contributed by atoms with van der Waals surface area (Å²) in [6.45, 7) is 1.45. The highest BCUT2D eigenvalue weighted by Gasteiger charge is 2.31. The van der Waals surface area contributed by atoms with E-state index in [1.807, 2.05) is 0 Å². The van der Waals surface area contributed by atoms with Crippen LogP contribution in [0.1, 0.15) is 33.4 Å². The number of halogens is 3. The van der Waals surface area contributed by atoms with E-state index in [-0.39, 0.29) is 22.9 Å². The van der Waals surface area contributed by atoms with Crippen LogP contribution in [0.4, 0.5) is 18.9 Å². The SMILES string of the molecule is CC(=O)c1ccc(-c2ccc(C(=O)Nc3cc(C(F)(F)F)ccc3-n3cncn3)o2)cc1. The lowest BCUT2D eigenvalue weighted by molar-refractivity contribution is -0.137. The molecule has 2 aromatic carbocycles. The van der Waals surface area contributed by atoms with Gasteiger partial charge in [-0.15, -0.1) is 0 Å². The largest absolute Gasteiger partial charge is 0.451 e. The van der Waals surface area contributed by atoms with Crippen LogP contribution in [0.15, 0.2) is 71.7 Å². The minimum atomic E-state index is -4.59. The van der Waals surface area contributed by atoms with Gasteiger partial charge in [0, 0.05) is 11.1 Å². The molecule has 4 aromatic rings. The van der Waals surface area contributed by atoms with E-state index in [1.165, 1.54) is 36.4 Å². The first-order chi connectivity index (χ1) is 15.2. The average Bonchev–Trinajstić information content (AvgIpc) is 3.45. The molecule has 32 heavy (non-hydrogen) atoms. The van der Waals surface area contributed by atoms with Gasteiger partial charge in [-0.2, -0.15) is 18.3 Å². The zero-order valence-electron chi connectivity index (χ0n) is 16.6. The fourth-order valence-electron chi connectivity index (χ4n) is 3.01. The number of hydrogen-bond acceptors (Lipinski definition) is 5. The highest BCUT2D eigenvalue weighted by atomic mass is 19.4. The number of rotatable bonds is 5. The van der Waals surface area contributed by atoms with Crippen LogP contribution >= 0.6 is 0 Å². The van der Waals surface area contributed by atoms with Gasteiger partial charge in [0.25, 0.3) is 5.91 Å². The molecule has 0 radical (unpaired) electrons. The van der Waals surface area contributed by atoms with E-state index < -0.39 is 17.6 Å². The van der Waals surface area contributed by atoms with Crippen LogP contribution < -0.4 is 5.32 Å². The van der Waals surface area contributed by atoms with Crippen molar-refractivity contribution in [2.24, 2.45) is 0 Å². The minimum Gasteiger partial charge on any atom is -0.451 e. The van der Waals surface area contributed by atoms with E-state index in [0.717, 1.165) is 12.1 Å². The molecule has 1 N–H and O–H groups in total. The Hall–Kier alpha value is -4.21. The lowest BCUT2D eigenvalue weighted by atomic mass is 10.1. The molecule has 1 amide bonds. The van der Waals surface area contributed by atoms with Gasteiger partial charge in [0.15, 0.2) is 11.5 Å². The van der Waals surface area contributed by atoms with Crippen LogP contribution in [-0.4, -0.2) is 26.5 Å². The standard InChI is InChI=1S/C22H15F3N4O3/c1-13(30)14-2-4-15(5-3-14)19-8-9-20(32-19)21(31)28-17-10-16(22(23,24)25)6-7-18(17)29-12-26-11-27-29/h2-12H,1H3,(H,28,31). The molecule has 0 atom stereocenters. The number of furan rings is 1. The number of hydrogen-bond donors (Lipinski definition) is 1. The second-order valence-electron chi connectivity index (χ2n) is 6.82. The Morgan fingerprint density at radius 2 is 1.78 bits per heavy atom. The van der Waals surface area contributed by atoms with Crippen LogP contribution in [0.25, 0.3) is 17.0 Å². The average molecular weight is 440 g/mol. The summed E-state index contributed by atoms with van der Waals surface area (Å²) in [5, 5.41) is 6.36. The molecule has 0 spiro atoms. The van der Waals surface area contributed by atoms with E-state index in [4.69, 9.17) is 4.42 Å². The lowest BCUT2D eigenvalue weighted by Crippen LogP contribution is -2.15. The Labute approximate surface area is 179 Å². The van der Waals surface area contributed by atoms with Crippen LogP contribution in [0, 0.1) is 0 Å². The molecular weight excluding hydrogens is 425 g/mol. The molecule has 0 saturated carbocycles. The number of aromatic nitrogens is 3. The number of nitrogens with one attached hydrogen (secondary N) is 1. The van der Waals surface area contributed by atoms with Gasteiger partial charge in [-0.3, -0.25) is 9.59 Å². The van der Waals surface area contributed by atoms with Crippen molar-refractivity contribution in [3.8, 4) is 17.0 Å². The Morgan fingerprint density at radius 3 is 2.41 bits per heavy atom. The molecule has 0 saturated heterocycles. The first kappa shape index (κ1) is 21.0. The third kappa shape index (κ3) is 4.29. The zero-order chi connectivity index (χ0) is 22.9. The first-order valence-corrected chi connectivity index (χ1v) is 9.31. The number of amides is 1. The molecule has 2 heterocycles. The highest BCUT2D eigenvalue weighted by molar-refractivity contribution is 6.03. The molecule has 0 aliphatic heterocycles. The molecule has 0 bridgehead atoms. The molecule has 10 heteroatoms. The normalized spacial score (nSPS) is 11.4. The highest BCUT2D eigenvalue weighted by Crippen LogP contribution is 2.33. The third-order valence-electron chi connectivity index (χ3n) is 4.64. The second-order valence-corrected chi connectivity index (χ2v) is 6.82. The molecule has 7 nitrogen and oxygen atoms in total. The van der Waals surface area contributed by atoms with Gasteiger partial charge in [0.2, 0.25) is 0 Å². The van der Waals surface area contributed by atoms with Crippen molar-refractivity contribution in [3.05, 3.63) is 84.1 Å². The maximum Gasteiger partial charge on any atom is 0.416 e. The Balaban J connectivity index is 1.62. The van der Waals surface area contributed by atoms with Crippen molar-refractivity contribution in [2.75, 3.05) is 5.32 Å². The number of carbonyl (C=O) groups is 2. The van der Waals surface area contributed by atoms with E-state index in [2.05, 4.69) is 15.4 Å². The van der Waals surface area contributed by atoms with E-state index in [0.29, 0.717) is 16.9 Å². The van der Waals surface area contributed by atoms with Gasteiger partial charge in [-0.1, -0.05) is 24.3 Å². The first-order valence-electron chi connectivity index (χ1n) is 9.31. The molecule has 2 aromatic heterocycles. The third-order valence-corrected chi connectivity index (χ3v) is 4.64. The zero-order valence-corrected chi connectivity index (χ0v) is 16.6. The predicted molar refractivity (Wildman–Crippen MR) is 108 cm³/mol. The molecule has 0 aliphatic carbocycles. The van der Waals surface area contributed by atoms with Crippen molar-refractivity contribution >= 4 is 17.4 Å². The van der Waals surface area contributed by atoms with E-state index >= 15 is 0 Å². The minimum absolute atomic E-state index is 0.0830. The summed E-state index contributed by atoms with van der Waals surface area (Å²) in [5.74, 6) is -0.555. The Morgan fingerprint density at radius 1 is 1.03 bits per heavy atom. The van der Waals surface area contributed by atoms with Gasteiger partial charge >= 0.3 is 6.18 Å². The van der Waals surface area contributed by atoms with Crippen molar-refractivity contribution in [1.82, 2.24) is 14.8 Å². The van der Waals surface area contributed by atoms with Gasteiger partial charge in [-0.05, 0) is 37.3 Å². The fourth-order valence-corrected chi connectivity index (χ4v) is 3.01. The maximum atomic E-state index is 13.2. The summed E-state index contributed by atoms with van der Waals surface area (Å²) in [6.07, 6.45) is -2.07. The maximum absolute atomic E-state index is 13.2. The van der Waals surface area contributed by atoms with Crippen LogP contribution in [0.3, 0.4) is 0 Å². The number of nitrogens with zero attached hydrogens (tertiary/aromatic N) is 3. The van der Waals surface area contributed by atoms with Crippen molar-refractivity contribution in [1.29, 1.82) is 0 Å². The molecule has 0 aliphatic rings. The summed E-state index contributed by atoms with van der Waals surface area (Å²) < 4.78 is 46.4. The topological polar surface area (TPSA) is 90.0 Å². The smallest absolute Gasteiger partial charge is 0.416 e. The number of anilines is 1. The van der Waals surface area contributed by atoms with Crippen LogP contribution in [0.2, 0.25) is 0 Å². The van der Waals surface area contributed by atoms with Gasteiger partial charge < -0.3 is 9.73 Å². The lowest BCUT2D eigenvalue weighted by Gasteiger charge is -2.14. The fraction of sp³-hybridized carbons (Fsp3) is 0.0909. The quantitative estimate of drug-likeness (QED) is 0.441. The number of carbonyl (C=O) groups excluding carboxylic acids is 2. The Kier molecular flexibility index (Phi) is 5.35. The van der Waals surface area contributed by atoms with Crippen molar-refractivity contribution < 1.29 is 27.2 Å². The number of Topliss-reactive ketones (excluding diaryl/α,β-unsaturated/α-hetero) is 1. The summed E-state index contributed by atoms with van der Waals surface area (Å²) in [4.78, 5) is 27.9. The van der Waals surface area contributed by atoms with Crippen molar-refractivity contribution in [3.63, 3.8) is 0 Å². The van der Waals surface area contributed by atoms with Crippen molar-refractivity contribution in [2.45, 2.75) is 13.1 Å². The molecule has 162 valence electrons.